The maximum atomic E-state index is 12.3. The zero-order valence-corrected chi connectivity index (χ0v) is 14.7. The highest BCUT2D eigenvalue weighted by atomic mass is 32.1. The van der Waals surface area contributed by atoms with Crippen molar-refractivity contribution in [3.63, 3.8) is 0 Å². The molecule has 4 rings (SSSR count). The number of ether oxygens (including phenoxy) is 2. The van der Waals surface area contributed by atoms with Crippen LogP contribution in [0.15, 0.2) is 42.5 Å². The number of anilines is 1. The van der Waals surface area contributed by atoms with Crippen molar-refractivity contribution < 1.29 is 14.3 Å². The molecule has 6 heteroatoms. The summed E-state index contributed by atoms with van der Waals surface area (Å²) >= 11 is 1.64. The quantitative estimate of drug-likeness (QED) is 0.521. The number of benzene rings is 2. The van der Waals surface area contributed by atoms with Crippen LogP contribution < -0.4 is 14.4 Å². The van der Waals surface area contributed by atoms with Gasteiger partial charge in [-0.2, -0.15) is 0 Å². The van der Waals surface area contributed by atoms with E-state index in [1.807, 2.05) is 12.1 Å². The molecule has 0 N–H and O–H groups in total. The van der Waals surface area contributed by atoms with Crippen LogP contribution in [0.4, 0.5) is 5.13 Å². The molecule has 0 aliphatic carbocycles. The number of esters is 1. The van der Waals surface area contributed by atoms with Crippen LogP contribution in [0.1, 0.15) is 23.2 Å². The van der Waals surface area contributed by atoms with Crippen molar-refractivity contribution in [2.75, 3.05) is 25.1 Å². The first-order valence-electron chi connectivity index (χ1n) is 8.25. The molecule has 0 atom stereocenters. The number of hydrogen-bond acceptors (Lipinski definition) is 6. The summed E-state index contributed by atoms with van der Waals surface area (Å²) in [4.78, 5) is 19.3. The summed E-state index contributed by atoms with van der Waals surface area (Å²) in [6.45, 7) is 2.14. The second kappa shape index (κ2) is 6.72. The molecule has 1 fully saturated rings. The van der Waals surface area contributed by atoms with Crippen molar-refractivity contribution in [2.24, 2.45) is 0 Å². The third-order valence-corrected chi connectivity index (χ3v) is 5.34. The van der Waals surface area contributed by atoms with Crippen LogP contribution in [0.3, 0.4) is 0 Å². The number of carbonyl (C=O) groups excluding carboxylic acids is 1. The minimum atomic E-state index is -0.383. The average Bonchev–Trinajstić information content (AvgIpc) is 3.30. The molecule has 0 spiro atoms. The molecule has 0 bridgehead atoms. The number of carbonyl (C=O) groups is 1. The van der Waals surface area contributed by atoms with Crippen LogP contribution >= 0.6 is 11.3 Å². The molecule has 1 aromatic heterocycles. The molecule has 128 valence electrons. The Bertz CT molecular complexity index is 899. The minimum Gasteiger partial charge on any atom is -0.497 e. The molecule has 1 aliphatic heterocycles. The predicted molar refractivity (Wildman–Crippen MR) is 99.0 cm³/mol. The zero-order chi connectivity index (χ0) is 17.2. The summed E-state index contributed by atoms with van der Waals surface area (Å²) in [6.07, 6.45) is 2.45. The van der Waals surface area contributed by atoms with Crippen LogP contribution in [0.25, 0.3) is 10.2 Å². The standard InChI is InChI=1S/C19H18N2O3S/c1-23-14-6-4-13(5-7-14)18(22)24-15-8-9-16-17(12-15)25-19(20-16)21-10-2-3-11-21/h4-9,12H,2-3,10-11H2,1H3. The van der Waals surface area contributed by atoms with Gasteiger partial charge in [-0.3, -0.25) is 0 Å². The average molecular weight is 354 g/mol. The minimum absolute atomic E-state index is 0.383. The molecule has 25 heavy (non-hydrogen) atoms. The Hall–Kier alpha value is -2.60. The molecule has 0 amide bonds. The Morgan fingerprint density at radius 1 is 1.08 bits per heavy atom. The Morgan fingerprint density at radius 2 is 1.80 bits per heavy atom. The maximum absolute atomic E-state index is 12.3. The van der Waals surface area contributed by atoms with Crippen LogP contribution in [-0.2, 0) is 0 Å². The van der Waals surface area contributed by atoms with E-state index >= 15 is 0 Å². The van der Waals surface area contributed by atoms with Gasteiger partial charge in [0.25, 0.3) is 0 Å². The van der Waals surface area contributed by atoms with Crippen LogP contribution in [0.5, 0.6) is 11.5 Å². The fourth-order valence-electron chi connectivity index (χ4n) is 2.89. The Labute approximate surface area is 149 Å². The molecular formula is C19H18N2O3S. The number of rotatable bonds is 4. The van der Waals surface area contributed by atoms with Gasteiger partial charge in [0.1, 0.15) is 11.5 Å². The van der Waals surface area contributed by atoms with Gasteiger partial charge in [0, 0.05) is 19.2 Å². The summed E-state index contributed by atoms with van der Waals surface area (Å²) < 4.78 is 11.6. The van der Waals surface area contributed by atoms with E-state index in [1.54, 1.807) is 48.8 Å². The van der Waals surface area contributed by atoms with Gasteiger partial charge in [-0.05, 0) is 49.2 Å². The van der Waals surface area contributed by atoms with Gasteiger partial charge < -0.3 is 14.4 Å². The highest BCUT2D eigenvalue weighted by molar-refractivity contribution is 7.22. The highest BCUT2D eigenvalue weighted by Gasteiger charge is 2.17. The topological polar surface area (TPSA) is 51.7 Å². The number of methoxy groups -OCH3 is 1. The Morgan fingerprint density at radius 3 is 2.52 bits per heavy atom. The van der Waals surface area contributed by atoms with Crippen molar-refractivity contribution in [2.45, 2.75) is 12.8 Å². The molecule has 5 nitrogen and oxygen atoms in total. The molecule has 0 radical (unpaired) electrons. The lowest BCUT2D eigenvalue weighted by atomic mass is 10.2. The number of nitrogens with zero attached hydrogens (tertiary/aromatic N) is 2. The maximum Gasteiger partial charge on any atom is 0.343 e. The molecule has 2 heterocycles. The van der Waals surface area contributed by atoms with E-state index < -0.39 is 0 Å². The van der Waals surface area contributed by atoms with E-state index in [4.69, 9.17) is 9.47 Å². The molecule has 0 unspecified atom stereocenters. The number of thiazole rings is 1. The van der Waals surface area contributed by atoms with E-state index in [1.165, 1.54) is 12.8 Å². The lowest BCUT2D eigenvalue weighted by Gasteiger charge is -2.11. The van der Waals surface area contributed by atoms with Gasteiger partial charge >= 0.3 is 5.97 Å². The zero-order valence-electron chi connectivity index (χ0n) is 13.9. The fraction of sp³-hybridized carbons (Fsp3) is 0.263. The summed E-state index contributed by atoms with van der Waals surface area (Å²) in [5.41, 5.74) is 1.43. The first-order chi connectivity index (χ1) is 12.2. The molecule has 1 aliphatic rings. The largest absolute Gasteiger partial charge is 0.497 e. The van der Waals surface area contributed by atoms with Crippen molar-refractivity contribution in [1.29, 1.82) is 0 Å². The van der Waals surface area contributed by atoms with Crippen molar-refractivity contribution in [3.05, 3.63) is 48.0 Å². The van der Waals surface area contributed by atoms with Gasteiger partial charge in [-0.25, -0.2) is 9.78 Å². The first kappa shape index (κ1) is 15.9. The summed E-state index contributed by atoms with van der Waals surface area (Å²) in [6, 6.07) is 12.4. The van der Waals surface area contributed by atoms with Crippen molar-refractivity contribution in [3.8, 4) is 11.5 Å². The monoisotopic (exact) mass is 354 g/mol. The number of fused-ring (bicyclic) bond motifs is 1. The molecule has 3 aromatic rings. The van der Waals surface area contributed by atoms with E-state index in [-0.39, 0.29) is 5.97 Å². The lowest BCUT2D eigenvalue weighted by molar-refractivity contribution is 0.0735. The second-order valence-electron chi connectivity index (χ2n) is 5.94. The Balaban J connectivity index is 1.53. The Kier molecular flexibility index (Phi) is 4.28. The second-order valence-corrected chi connectivity index (χ2v) is 6.95. The molecule has 1 saturated heterocycles. The van der Waals surface area contributed by atoms with Crippen molar-refractivity contribution >= 4 is 32.7 Å². The third-order valence-electron chi connectivity index (χ3n) is 4.26. The first-order valence-corrected chi connectivity index (χ1v) is 9.06. The lowest BCUT2D eigenvalue weighted by Crippen LogP contribution is -2.16. The third kappa shape index (κ3) is 3.30. The SMILES string of the molecule is COc1ccc(C(=O)Oc2ccc3nc(N4CCCC4)sc3c2)cc1. The normalized spacial score (nSPS) is 14.0. The summed E-state index contributed by atoms with van der Waals surface area (Å²) in [5.74, 6) is 0.855. The van der Waals surface area contributed by atoms with Gasteiger partial charge in [-0.15, -0.1) is 0 Å². The van der Waals surface area contributed by atoms with Crippen molar-refractivity contribution in [1.82, 2.24) is 4.98 Å². The smallest absolute Gasteiger partial charge is 0.343 e. The van der Waals surface area contributed by atoms with E-state index in [0.717, 1.165) is 28.4 Å². The highest BCUT2D eigenvalue weighted by Crippen LogP contribution is 2.33. The van der Waals surface area contributed by atoms with Crippen LogP contribution in [0.2, 0.25) is 0 Å². The van der Waals surface area contributed by atoms with Crippen LogP contribution in [0, 0.1) is 0 Å². The van der Waals surface area contributed by atoms with Gasteiger partial charge in [-0.1, -0.05) is 11.3 Å². The fourth-order valence-corrected chi connectivity index (χ4v) is 3.94. The molecule has 2 aromatic carbocycles. The molecular weight excluding hydrogens is 336 g/mol. The molecule has 0 saturated carbocycles. The summed E-state index contributed by atoms with van der Waals surface area (Å²) in [5, 5.41) is 1.05. The van der Waals surface area contributed by atoms with E-state index in [9.17, 15) is 4.79 Å². The number of aromatic nitrogens is 1. The predicted octanol–water partition coefficient (Wildman–Crippen LogP) is 4.12. The van der Waals surface area contributed by atoms with Gasteiger partial charge in [0.15, 0.2) is 5.13 Å². The van der Waals surface area contributed by atoms with Crippen LogP contribution in [-0.4, -0.2) is 31.2 Å². The number of hydrogen-bond donors (Lipinski definition) is 0. The van der Waals surface area contributed by atoms with E-state index in [2.05, 4.69) is 9.88 Å². The summed E-state index contributed by atoms with van der Waals surface area (Å²) in [7, 11) is 1.59. The van der Waals surface area contributed by atoms with Gasteiger partial charge in [0.05, 0.1) is 22.9 Å². The van der Waals surface area contributed by atoms with Gasteiger partial charge in [0.2, 0.25) is 0 Å². The van der Waals surface area contributed by atoms with E-state index in [0.29, 0.717) is 17.1 Å².